The summed E-state index contributed by atoms with van der Waals surface area (Å²) < 4.78 is 4.96. The van der Waals surface area contributed by atoms with Gasteiger partial charge in [-0.15, -0.1) is 0 Å². The number of hydrogen-bond donors (Lipinski definition) is 3. The molecule has 1 aliphatic rings. The molecule has 0 amide bonds. The van der Waals surface area contributed by atoms with Crippen molar-refractivity contribution in [2.75, 3.05) is 25.6 Å². The fraction of sp³-hybridized carbons (Fsp3) is 0.600. The fourth-order valence-corrected chi connectivity index (χ4v) is 1.54. The van der Waals surface area contributed by atoms with Crippen LogP contribution in [0.5, 0.6) is 5.75 Å². The number of nitrogens with one attached hydrogen (secondary N) is 2. The summed E-state index contributed by atoms with van der Waals surface area (Å²) >= 11 is 0. The molecule has 3 N–H and O–H groups in total. The molecule has 88 valence electrons. The van der Waals surface area contributed by atoms with Gasteiger partial charge in [0.05, 0.1) is 20.0 Å². The molecule has 6 nitrogen and oxygen atoms in total. The summed E-state index contributed by atoms with van der Waals surface area (Å²) in [5, 5.41) is 12.2. The summed E-state index contributed by atoms with van der Waals surface area (Å²) in [7, 11) is 1.43. The average molecular weight is 225 g/mol. The Bertz CT molecular complexity index is 426. The first-order valence-electron chi connectivity index (χ1n) is 5.17. The zero-order chi connectivity index (χ0) is 11.6. The van der Waals surface area contributed by atoms with E-state index in [9.17, 15) is 4.79 Å². The highest BCUT2D eigenvalue weighted by Gasteiger charge is 2.41. The zero-order valence-electron chi connectivity index (χ0n) is 9.12. The van der Waals surface area contributed by atoms with Gasteiger partial charge < -0.3 is 20.1 Å². The minimum Gasteiger partial charge on any atom is -0.489 e. The van der Waals surface area contributed by atoms with E-state index in [1.165, 1.54) is 13.4 Å². The second-order valence-corrected chi connectivity index (χ2v) is 4.13. The van der Waals surface area contributed by atoms with E-state index in [0.717, 1.165) is 12.8 Å². The Balaban J connectivity index is 2.09. The van der Waals surface area contributed by atoms with Crippen molar-refractivity contribution in [2.24, 2.45) is 5.41 Å². The molecule has 1 fully saturated rings. The Morgan fingerprint density at radius 3 is 3.00 bits per heavy atom. The highest BCUT2D eigenvalue weighted by molar-refractivity contribution is 5.48. The molecule has 16 heavy (non-hydrogen) atoms. The molecule has 1 saturated carbocycles. The maximum absolute atomic E-state index is 11.4. The fourth-order valence-electron chi connectivity index (χ4n) is 1.54. The predicted molar refractivity (Wildman–Crippen MR) is 58.7 cm³/mol. The molecule has 0 saturated heterocycles. The van der Waals surface area contributed by atoms with Crippen molar-refractivity contribution < 1.29 is 9.84 Å². The molecule has 1 heterocycles. The molecule has 0 aromatic carbocycles. The van der Waals surface area contributed by atoms with E-state index in [4.69, 9.17) is 9.84 Å². The Labute approximate surface area is 92.7 Å². The average Bonchev–Trinajstić information content (AvgIpc) is 3.07. The van der Waals surface area contributed by atoms with E-state index in [2.05, 4.69) is 15.3 Å². The second kappa shape index (κ2) is 4.13. The van der Waals surface area contributed by atoms with Crippen LogP contribution in [0.4, 0.5) is 5.82 Å². The Kier molecular flexibility index (Phi) is 2.82. The lowest BCUT2D eigenvalue weighted by molar-refractivity contribution is 0.219. The Morgan fingerprint density at radius 1 is 1.69 bits per heavy atom. The predicted octanol–water partition coefficient (Wildman–Crippen LogP) is -0.0371. The van der Waals surface area contributed by atoms with Crippen LogP contribution in [-0.2, 0) is 0 Å². The number of hydrogen-bond acceptors (Lipinski definition) is 5. The highest BCUT2D eigenvalue weighted by atomic mass is 16.5. The number of aliphatic hydroxyl groups is 1. The molecule has 0 radical (unpaired) electrons. The number of H-pyrrole nitrogens is 1. The number of anilines is 1. The summed E-state index contributed by atoms with van der Waals surface area (Å²) in [6, 6.07) is 0. The topological polar surface area (TPSA) is 87.2 Å². The van der Waals surface area contributed by atoms with Gasteiger partial charge in [-0.05, 0) is 12.8 Å². The van der Waals surface area contributed by atoms with E-state index in [0.29, 0.717) is 12.4 Å². The number of rotatable bonds is 5. The lowest BCUT2D eigenvalue weighted by Gasteiger charge is -2.14. The van der Waals surface area contributed by atoms with Gasteiger partial charge in [0.2, 0.25) is 5.75 Å². The number of aromatic amines is 1. The zero-order valence-corrected chi connectivity index (χ0v) is 9.12. The number of nitrogens with zero attached hydrogens (tertiary/aromatic N) is 1. The van der Waals surface area contributed by atoms with E-state index >= 15 is 0 Å². The van der Waals surface area contributed by atoms with E-state index in [1.54, 1.807) is 0 Å². The minimum atomic E-state index is -0.311. The molecule has 0 spiro atoms. The van der Waals surface area contributed by atoms with Gasteiger partial charge in [-0.25, -0.2) is 4.98 Å². The molecule has 1 aromatic rings. The smallest absolute Gasteiger partial charge is 0.295 e. The van der Waals surface area contributed by atoms with Crippen LogP contribution in [0.2, 0.25) is 0 Å². The van der Waals surface area contributed by atoms with Crippen molar-refractivity contribution in [2.45, 2.75) is 12.8 Å². The quantitative estimate of drug-likeness (QED) is 0.654. The molecule has 0 aliphatic heterocycles. The van der Waals surface area contributed by atoms with Gasteiger partial charge in [0.1, 0.15) is 0 Å². The Morgan fingerprint density at radius 2 is 2.44 bits per heavy atom. The third kappa shape index (κ3) is 2.01. The number of aliphatic hydroxyl groups excluding tert-OH is 1. The van der Waals surface area contributed by atoms with Crippen LogP contribution in [0.1, 0.15) is 12.8 Å². The van der Waals surface area contributed by atoms with Gasteiger partial charge in [-0.1, -0.05) is 0 Å². The lowest BCUT2D eigenvalue weighted by Crippen LogP contribution is -2.21. The SMILES string of the molecule is COc1c(NCC2(CO)CC2)nc[nH]c1=O. The third-order valence-corrected chi connectivity index (χ3v) is 2.94. The molecular weight excluding hydrogens is 210 g/mol. The first-order chi connectivity index (χ1) is 7.71. The molecule has 6 heteroatoms. The summed E-state index contributed by atoms with van der Waals surface area (Å²) in [4.78, 5) is 17.8. The summed E-state index contributed by atoms with van der Waals surface area (Å²) in [6.07, 6.45) is 3.33. The maximum Gasteiger partial charge on any atom is 0.295 e. The van der Waals surface area contributed by atoms with Crippen LogP contribution < -0.4 is 15.6 Å². The van der Waals surface area contributed by atoms with Crippen molar-refractivity contribution in [1.82, 2.24) is 9.97 Å². The van der Waals surface area contributed by atoms with Crippen molar-refractivity contribution >= 4 is 5.82 Å². The molecule has 0 atom stereocenters. The maximum atomic E-state index is 11.4. The third-order valence-electron chi connectivity index (χ3n) is 2.94. The molecular formula is C10H15N3O3. The van der Waals surface area contributed by atoms with Crippen molar-refractivity contribution in [3.8, 4) is 5.75 Å². The van der Waals surface area contributed by atoms with E-state index in [-0.39, 0.29) is 23.3 Å². The molecule has 1 aromatic heterocycles. The molecule has 1 aliphatic carbocycles. The van der Waals surface area contributed by atoms with Crippen LogP contribution in [0, 0.1) is 5.41 Å². The van der Waals surface area contributed by atoms with Gasteiger partial charge in [-0.3, -0.25) is 4.79 Å². The Hall–Kier alpha value is -1.56. The van der Waals surface area contributed by atoms with Crippen molar-refractivity contribution in [1.29, 1.82) is 0 Å². The molecule has 0 unspecified atom stereocenters. The van der Waals surface area contributed by atoms with E-state index < -0.39 is 0 Å². The van der Waals surface area contributed by atoms with Crippen molar-refractivity contribution in [3.63, 3.8) is 0 Å². The minimum absolute atomic E-state index is 0.0324. The number of ether oxygens (including phenoxy) is 1. The second-order valence-electron chi connectivity index (χ2n) is 4.13. The first kappa shape index (κ1) is 10.9. The lowest BCUT2D eigenvalue weighted by atomic mass is 10.1. The van der Waals surface area contributed by atoms with Gasteiger partial charge in [0, 0.05) is 12.0 Å². The van der Waals surface area contributed by atoms with Gasteiger partial charge in [-0.2, -0.15) is 0 Å². The van der Waals surface area contributed by atoms with Crippen LogP contribution in [0.15, 0.2) is 11.1 Å². The largest absolute Gasteiger partial charge is 0.489 e. The van der Waals surface area contributed by atoms with Gasteiger partial charge in [0.15, 0.2) is 5.82 Å². The van der Waals surface area contributed by atoms with E-state index in [1.807, 2.05) is 0 Å². The number of methoxy groups -OCH3 is 1. The molecule has 0 bridgehead atoms. The summed E-state index contributed by atoms with van der Waals surface area (Å²) in [5.74, 6) is 0.599. The van der Waals surface area contributed by atoms with Crippen LogP contribution in [0.3, 0.4) is 0 Å². The van der Waals surface area contributed by atoms with Crippen molar-refractivity contribution in [3.05, 3.63) is 16.7 Å². The highest BCUT2D eigenvalue weighted by Crippen LogP contribution is 2.45. The summed E-state index contributed by atoms with van der Waals surface area (Å²) in [5.41, 5.74) is -0.344. The first-order valence-corrected chi connectivity index (χ1v) is 5.17. The number of aromatic nitrogens is 2. The molecule has 2 rings (SSSR count). The normalized spacial score (nSPS) is 16.9. The van der Waals surface area contributed by atoms with Gasteiger partial charge in [0.25, 0.3) is 5.56 Å². The van der Waals surface area contributed by atoms with Crippen LogP contribution >= 0.6 is 0 Å². The monoisotopic (exact) mass is 225 g/mol. The van der Waals surface area contributed by atoms with Crippen LogP contribution in [0.25, 0.3) is 0 Å². The van der Waals surface area contributed by atoms with Crippen LogP contribution in [-0.4, -0.2) is 35.3 Å². The van der Waals surface area contributed by atoms with Gasteiger partial charge >= 0.3 is 0 Å². The standard InChI is InChI=1S/C10H15N3O3/c1-16-7-8(12-6-13-9(7)15)11-4-10(5-14)2-3-10/h6,14H,2-5H2,1H3,(H2,11,12,13,15). The summed E-state index contributed by atoms with van der Waals surface area (Å²) in [6.45, 7) is 0.766.